The highest BCUT2D eigenvalue weighted by Crippen LogP contribution is 2.25. The Morgan fingerprint density at radius 3 is 2.84 bits per heavy atom. The van der Waals surface area contributed by atoms with Gasteiger partial charge in [0.1, 0.15) is 10.8 Å². The van der Waals surface area contributed by atoms with Crippen molar-refractivity contribution in [3.05, 3.63) is 44.3 Å². The number of aromatic nitrogens is 1. The Balaban J connectivity index is 2.10. The Kier molecular flexibility index (Phi) is 4.21. The third-order valence-corrected chi connectivity index (χ3v) is 4.38. The summed E-state index contributed by atoms with van der Waals surface area (Å²) in [5.41, 5.74) is 1.36. The highest BCUT2D eigenvalue weighted by atomic mass is 79.9. The molecular formula is C13H13BrN2O2S. The highest BCUT2D eigenvalue weighted by Gasteiger charge is 2.14. The maximum absolute atomic E-state index is 12.0. The Morgan fingerprint density at radius 1 is 1.53 bits per heavy atom. The summed E-state index contributed by atoms with van der Waals surface area (Å²) < 4.78 is 0.563. The summed E-state index contributed by atoms with van der Waals surface area (Å²) >= 11 is 4.70. The predicted octanol–water partition coefficient (Wildman–Crippen LogP) is 3.41. The van der Waals surface area contributed by atoms with Crippen molar-refractivity contribution in [3.8, 4) is 5.75 Å². The number of aromatic hydroxyl groups is 1. The van der Waals surface area contributed by atoms with Crippen LogP contribution in [0, 0.1) is 6.92 Å². The summed E-state index contributed by atoms with van der Waals surface area (Å²) in [4.78, 5) is 16.4. The van der Waals surface area contributed by atoms with Gasteiger partial charge in [-0.2, -0.15) is 0 Å². The first kappa shape index (κ1) is 14.0. The fraction of sp³-hybridized carbons (Fsp3) is 0.231. The van der Waals surface area contributed by atoms with E-state index in [2.05, 4.69) is 26.2 Å². The molecule has 0 aliphatic rings. The molecule has 100 valence electrons. The van der Waals surface area contributed by atoms with E-state index in [0.29, 0.717) is 10.0 Å². The molecule has 0 spiro atoms. The summed E-state index contributed by atoms with van der Waals surface area (Å²) in [7, 11) is 0. The molecule has 0 bridgehead atoms. The monoisotopic (exact) mass is 340 g/mol. The first-order chi connectivity index (χ1) is 8.97. The number of thiazole rings is 1. The molecule has 1 aromatic carbocycles. The average molecular weight is 341 g/mol. The van der Waals surface area contributed by atoms with Gasteiger partial charge in [-0.25, -0.2) is 4.98 Å². The van der Waals surface area contributed by atoms with Crippen molar-refractivity contribution in [2.75, 3.05) is 0 Å². The summed E-state index contributed by atoms with van der Waals surface area (Å²) in [6.07, 6.45) is 0. The number of phenols is 1. The van der Waals surface area contributed by atoms with E-state index in [1.54, 1.807) is 12.1 Å². The predicted molar refractivity (Wildman–Crippen MR) is 78.5 cm³/mol. The topological polar surface area (TPSA) is 62.2 Å². The van der Waals surface area contributed by atoms with Crippen LogP contribution in [0.1, 0.15) is 34.0 Å². The molecule has 1 unspecified atom stereocenters. The zero-order valence-electron chi connectivity index (χ0n) is 10.5. The maximum Gasteiger partial charge on any atom is 0.251 e. The maximum atomic E-state index is 12.0. The van der Waals surface area contributed by atoms with Crippen molar-refractivity contribution in [1.29, 1.82) is 0 Å². The Bertz CT molecular complexity index is 612. The standard InChI is InChI=1S/C13H13BrN2O2S/c1-7-6-19-13(15-7)8(2)16-12(18)9-3-4-10(14)11(17)5-9/h3-6,8,17H,1-2H3,(H,16,18). The van der Waals surface area contributed by atoms with E-state index in [9.17, 15) is 9.90 Å². The number of carbonyl (C=O) groups excluding carboxylic acids is 1. The minimum atomic E-state index is -0.233. The molecule has 0 saturated heterocycles. The Labute approximate surface area is 123 Å². The fourth-order valence-electron chi connectivity index (χ4n) is 1.57. The van der Waals surface area contributed by atoms with Crippen LogP contribution in [0.4, 0.5) is 0 Å². The molecule has 0 aliphatic heterocycles. The first-order valence-electron chi connectivity index (χ1n) is 5.69. The van der Waals surface area contributed by atoms with Crippen LogP contribution in [0.5, 0.6) is 5.75 Å². The lowest BCUT2D eigenvalue weighted by atomic mass is 10.2. The van der Waals surface area contributed by atoms with Crippen LogP contribution in [0.25, 0.3) is 0 Å². The molecule has 4 nitrogen and oxygen atoms in total. The second-order valence-electron chi connectivity index (χ2n) is 4.19. The van der Waals surface area contributed by atoms with Gasteiger partial charge in [-0.15, -0.1) is 11.3 Å². The highest BCUT2D eigenvalue weighted by molar-refractivity contribution is 9.10. The largest absolute Gasteiger partial charge is 0.507 e. The molecule has 2 rings (SSSR count). The van der Waals surface area contributed by atoms with E-state index in [4.69, 9.17) is 0 Å². The van der Waals surface area contributed by atoms with Crippen molar-refractivity contribution in [3.63, 3.8) is 0 Å². The van der Waals surface area contributed by atoms with Gasteiger partial charge in [0.25, 0.3) is 5.91 Å². The van der Waals surface area contributed by atoms with E-state index in [1.165, 1.54) is 17.4 Å². The van der Waals surface area contributed by atoms with Gasteiger partial charge in [-0.05, 0) is 48.0 Å². The molecule has 1 amide bonds. The van der Waals surface area contributed by atoms with Crippen molar-refractivity contribution in [2.24, 2.45) is 0 Å². The number of phenolic OH excluding ortho intramolecular Hbond substituents is 1. The molecule has 1 atom stereocenters. The first-order valence-corrected chi connectivity index (χ1v) is 7.36. The molecule has 2 N–H and O–H groups in total. The Morgan fingerprint density at radius 2 is 2.26 bits per heavy atom. The summed E-state index contributed by atoms with van der Waals surface area (Å²) in [6, 6.07) is 4.57. The van der Waals surface area contributed by atoms with Crippen LogP contribution >= 0.6 is 27.3 Å². The van der Waals surface area contributed by atoms with Gasteiger partial charge >= 0.3 is 0 Å². The number of rotatable bonds is 3. The average Bonchev–Trinajstić information content (AvgIpc) is 2.79. The van der Waals surface area contributed by atoms with Gasteiger partial charge in [0, 0.05) is 16.6 Å². The van der Waals surface area contributed by atoms with Crippen LogP contribution in [0.15, 0.2) is 28.1 Å². The molecule has 0 aliphatic carbocycles. The SMILES string of the molecule is Cc1csc(C(C)NC(=O)c2ccc(Br)c(O)c2)n1. The molecule has 1 aromatic heterocycles. The van der Waals surface area contributed by atoms with Gasteiger partial charge in [0.15, 0.2) is 0 Å². The van der Waals surface area contributed by atoms with E-state index in [1.807, 2.05) is 19.2 Å². The van der Waals surface area contributed by atoms with Crippen LogP contribution in [0.2, 0.25) is 0 Å². The van der Waals surface area contributed by atoms with E-state index in [0.717, 1.165) is 10.7 Å². The number of hydrogen-bond acceptors (Lipinski definition) is 4. The van der Waals surface area contributed by atoms with E-state index >= 15 is 0 Å². The van der Waals surface area contributed by atoms with Crippen LogP contribution in [-0.2, 0) is 0 Å². The van der Waals surface area contributed by atoms with Gasteiger partial charge < -0.3 is 10.4 Å². The molecular weight excluding hydrogens is 328 g/mol. The zero-order chi connectivity index (χ0) is 14.0. The lowest BCUT2D eigenvalue weighted by Crippen LogP contribution is -2.26. The van der Waals surface area contributed by atoms with E-state index in [-0.39, 0.29) is 17.7 Å². The number of benzene rings is 1. The van der Waals surface area contributed by atoms with Crippen LogP contribution in [-0.4, -0.2) is 16.0 Å². The molecule has 1 heterocycles. The second-order valence-corrected chi connectivity index (χ2v) is 5.93. The summed E-state index contributed by atoms with van der Waals surface area (Å²) in [5, 5.41) is 15.2. The molecule has 2 aromatic rings. The Hall–Kier alpha value is -1.40. The quantitative estimate of drug-likeness (QED) is 0.899. The number of hydrogen-bond donors (Lipinski definition) is 2. The second kappa shape index (κ2) is 5.71. The number of nitrogens with one attached hydrogen (secondary N) is 1. The third-order valence-electron chi connectivity index (χ3n) is 2.56. The van der Waals surface area contributed by atoms with Crippen molar-refractivity contribution >= 4 is 33.2 Å². The number of halogens is 1. The molecule has 0 radical (unpaired) electrons. The normalized spacial score (nSPS) is 12.2. The van der Waals surface area contributed by atoms with Crippen molar-refractivity contribution < 1.29 is 9.90 Å². The lowest BCUT2D eigenvalue weighted by molar-refractivity contribution is 0.0939. The van der Waals surface area contributed by atoms with Gasteiger partial charge in [0.2, 0.25) is 0 Å². The zero-order valence-corrected chi connectivity index (χ0v) is 12.9. The number of aryl methyl sites for hydroxylation is 1. The molecule has 19 heavy (non-hydrogen) atoms. The van der Waals surface area contributed by atoms with Crippen LogP contribution < -0.4 is 5.32 Å². The number of nitrogens with zero attached hydrogens (tertiary/aromatic N) is 1. The van der Waals surface area contributed by atoms with Crippen molar-refractivity contribution in [2.45, 2.75) is 19.9 Å². The molecule has 0 saturated carbocycles. The molecule has 6 heteroatoms. The fourth-order valence-corrected chi connectivity index (χ4v) is 2.62. The number of amides is 1. The van der Waals surface area contributed by atoms with Crippen LogP contribution in [0.3, 0.4) is 0 Å². The van der Waals surface area contributed by atoms with Gasteiger partial charge in [-0.3, -0.25) is 4.79 Å². The number of carbonyl (C=O) groups is 1. The molecule has 0 fully saturated rings. The summed E-state index contributed by atoms with van der Waals surface area (Å²) in [5.74, 6) is -0.187. The summed E-state index contributed by atoms with van der Waals surface area (Å²) in [6.45, 7) is 3.80. The third kappa shape index (κ3) is 3.33. The minimum absolute atomic E-state index is 0.0467. The van der Waals surface area contributed by atoms with Gasteiger partial charge in [0.05, 0.1) is 10.5 Å². The van der Waals surface area contributed by atoms with Gasteiger partial charge in [-0.1, -0.05) is 0 Å². The van der Waals surface area contributed by atoms with E-state index < -0.39 is 0 Å². The van der Waals surface area contributed by atoms with Crippen molar-refractivity contribution in [1.82, 2.24) is 10.3 Å². The smallest absolute Gasteiger partial charge is 0.251 e. The minimum Gasteiger partial charge on any atom is -0.507 e. The lowest BCUT2D eigenvalue weighted by Gasteiger charge is -2.11.